The van der Waals surface area contributed by atoms with Crippen LogP contribution in [0.1, 0.15) is 37.8 Å². The Balaban J connectivity index is 2.12. The second kappa shape index (κ2) is 4.85. The van der Waals surface area contributed by atoms with Crippen molar-refractivity contribution in [2.75, 3.05) is 0 Å². The first-order valence-electron chi connectivity index (χ1n) is 6.23. The van der Waals surface area contributed by atoms with Gasteiger partial charge in [-0.25, -0.2) is 0 Å². The van der Waals surface area contributed by atoms with Crippen LogP contribution < -0.4 is 0 Å². The van der Waals surface area contributed by atoms with Gasteiger partial charge in [-0.2, -0.15) is 5.26 Å². The summed E-state index contributed by atoms with van der Waals surface area (Å²) in [6.45, 7) is 4.16. The lowest BCUT2D eigenvalue weighted by atomic mass is 9.81. The van der Waals surface area contributed by atoms with Crippen LogP contribution in [-0.4, -0.2) is 16.7 Å². The van der Waals surface area contributed by atoms with Gasteiger partial charge >= 0.3 is 0 Å². The number of imide groups is 1. The van der Waals surface area contributed by atoms with Gasteiger partial charge in [-0.3, -0.25) is 14.5 Å². The van der Waals surface area contributed by atoms with Crippen LogP contribution >= 0.6 is 0 Å². The zero-order valence-corrected chi connectivity index (χ0v) is 11.1. The topological polar surface area (TPSA) is 61.2 Å². The van der Waals surface area contributed by atoms with E-state index in [0.717, 1.165) is 5.56 Å². The number of piperidine rings is 1. The predicted molar refractivity (Wildman–Crippen MR) is 69.7 cm³/mol. The lowest BCUT2D eigenvalue weighted by Gasteiger charge is -2.34. The van der Waals surface area contributed by atoms with E-state index in [4.69, 9.17) is 5.26 Å². The molecule has 0 spiro atoms. The fourth-order valence-corrected chi connectivity index (χ4v) is 2.25. The van der Waals surface area contributed by atoms with Gasteiger partial charge in [-0.05, 0) is 23.1 Å². The van der Waals surface area contributed by atoms with Gasteiger partial charge in [-0.15, -0.1) is 0 Å². The number of hydrogen-bond acceptors (Lipinski definition) is 3. The van der Waals surface area contributed by atoms with Crippen LogP contribution in [0.25, 0.3) is 0 Å². The van der Waals surface area contributed by atoms with Crippen LogP contribution in [-0.2, 0) is 16.1 Å². The molecule has 0 saturated carbocycles. The fourth-order valence-electron chi connectivity index (χ4n) is 2.25. The number of hydrogen-bond donors (Lipinski definition) is 0. The summed E-state index contributed by atoms with van der Waals surface area (Å²) in [5, 5.41) is 8.72. The highest BCUT2D eigenvalue weighted by molar-refractivity contribution is 5.98. The van der Waals surface area contributed by atoms with Gasteiger partial charge in [0.2, 0.25) is 11.8 Å². The summed E-state index contributed by atoms with van der Waals surface area (Å²) in [7, 11) is 0. The molecule has 1 aromatic rings. The molecule has 1 heterocycles. The molecule has 98 valence electrons. The standard InChI is InChI=1S/C15H16N2O2/c1-15(2)7-13(18)17(14(19)8-15)10-12-5-3-11(9-16)4-6-12/h3-6H,7-8,10H2,1-2H3. The van der Waals surface area contributed by atoms with Crippen molar-refractivity contribution in [1.29, 1.82) is 5.26 Å². The second-order valence-corrected chi connectivity index (χ2v) is 5.70. The van der Waals surface area contributed by atoms with E-state index in [2.05, 4.69) is 0 Å². The van der Waals surface area contributed by atoms with Crippen molar-refractivity contribution in [3.05, 3.63) is 35.4 Å². The van der Waals surface area contributed by atoms with Crippen LogP contribution in [0.2, 0.25) is 0 Å². The van der Waals surface area contributed by atoms with Crippen LogP contribution in [0.4, 0.5) is 0 Å². The Morgan fingerprint density at radius 3 is 2.16 bits per heavy atom. The average Bonchev–Trinajstić information content (AvgIpc) is 2.33. The van der Waals surface area contributed by atoms with Crippen LogP contribution in [0.5, 0.6) is 0 Å². The van der Waals surface area contributed by atoms with Crippen molar-refractivity contribution >= 4 is 11.8 Å². The number of benzene rings is 1. The van der Waals surface area contributed by atoms with Crippen LogP contribution in [0.3, 0.4) is 0 Å². The molecule has 1 saturated heterocycles. The Hall–Kier alpha value is -2.15. The van der Waals surface area contributed by atoms with Gasteiger partial charge in [0, 0.05) is 12.8 Å². The smallest absolute Gasteiger partial charge is 0.230 e. The summed E-state index contributed by atoms with van der Waals surface area (Å²) in [5.41, 5.74) is 1.19. The Morgan fingerprint density at radius 1 is 1.16 bits per heavy atom. The maximum Gasteiger partial charge on any atom is 0.230 e. The SMILES string of the molecule is CC1(C)CC(=O)N(Cc2ccc(C#N)cc2)C(=O)C1. The first-order valence-corrected chi connectivity index (χ1v) is 6.23. The minimum atomic E-state index is -0.241. The highest BCUT2D eigenvalue weighted by atomic mass is 16.2. The zero-order chi connectivity index (χ0) is 14.0. The number of carbonyl (C=O) groups is 2. The minimum Gasteiger partial charge on any atom is -0.278 e. The van der Waals surface area contributed by atoms with Crippen LogP contribution in [0, 0.1) is 16.7 Å². The summed E-state index contributed by atoms with van der Waals surface area (Å²) in [4.78, 5) is 25.3. The van der Waals surface area contributed by atoms with Crippen molar-refractivity contribution in [3.63, 3.8) is 0 Å². The molecular formula is C15H16N2O2. The third-order valence-corrected chi connectivity index (χ3v) is 3.29. The molecule has 0 radical (unpaired) electrons. The zero-order valence-electron chi connectivity index (χ0n) is 11.1. The van der Waals surface area contributed by atoms with E-state index < -0.39 is 0 Å². The van der Waals surface area contributed by atoms with Crippen molar-refractivity contribution in [1.82, 2.24) is 4.90 Å². The van der Waals surface area contributed by atoms with E-state index in [0.29, 0.717) is 24.9 Å². The fraction of sp³-hybridized carbons (Fsp3) is 0.400. The van der Waals surface area contributed by atoms with E-state index >= 15 is 0 Å². The molecule has 2 amide bonds. The number of nitriles is 1. The Kier molecular flexibility index (Phi) is 3.39. The Labute approximate surface area is 112 Å². The number of amides is 2. The van der Waals surface area contributed by atoms with Crippen molar-refractivity contribution in [2.24, 2.45) is 5.41 Å². The summed E-state index contributed by atoms with van der Waals surface area (Å²) in [5.74, 6) is -0.240. The Bertz CT molecular complexity index is 533. The van der Waals surface area contributed by atoms with E-state index in [-0.39, 0.29) is 17.2 Å². The Morgan fingerprint density at radius 2 is 1.68 bits per heavy atom. The van der Waals surface area contributed by atoms with E-state index in [9.17, 15) is 9.59 Å². The first kappa shape index (κ1) is 13.3. The second-order valence-electron chi connectivity index (χ2n) is 5.70. The number of likely N-dealkylation sites (tertiary alicyclic amines) is 1. The molecule has 0 bridgehead atoms. The predicted octanol–water partition coefficient (Wildman–Crippen LogP) is 2.23. The van der Waals surface area contributed by atoms with Gasteiger partial charge in [0.1, 0.15) is 0 Å². The normalized spacial score (nSPS) is 18.3. The lowest BCUT2D eigenvalue weighted by Crippen LogP contribution is -2.45. The monoisotopic (exact) mass is 256 g/mol. The summed E-state index contributed by atoms with van der Waals surface area (Å²) >= 11 is 0. The number of carbonyl (C=O) groups excluding carboxylic acids is 2. The van der Waals surface area contributed by atoms with Crippen molar-refractivity contribution in [2.45, 2.75) is 33.2 Å². The van der Waals surface area contributed by atoms with Gasteiger partial charge in [0.25, 0.3) is 0 Å². The largest absolute Gasteiger partial charge is 0.278 e. The molecule has 19 heavy (non-hydrogen) atoms. The van der Waals surface area contributed by atoms with E-state index in [1.807, 2.05) is 19.9 Å². The molecule has 0 N–H and O–H groups in total. The molecule has 0 atom stereocenters. The maximum atomic E-state index is 12.0. The molecule has 1 aromatic carbocycles. The molecule has 4 nitrogen and oxygen atoms in total. The molecule has 0 aliphatic carbocycles. The number of rotatable bonds is 2. The lowest BCUT2D eigenvalue weighted by molar-refractivity contribution is -0.153. The minimum absolute atomic E-state index is 0.120. The molecular weight excluding hydrogens is 240 g/mol. The highest BCUT2D eigenvalue weighted by Crippen LogP contribution is 2.32. The third kappa shape index (κ3) is 3.00. The average molecular weight is 256 g/mol. The van der Waals surface area contributed by atoms with Gasteiger partial charge < -0.3 is 0 Å². The molecule has 0 aromatic heterocycles. The maximum absolute atomic E-state index is 12.0. The highest BCUT2D eigenvalue weighted by Gasteiger charge is 2.37. The van der Waals surface area contributed by atoms with Crippen molar-refractivity contribution < 1.29 is 9.59 Å². The van der Waals surface area contributed by atoms with Gasteiger partial charge in [0.15, 0.2) is 0 Å². The summed E-state index contributed by atoms with van der Waals surface area (Å²) in [6, 6.07) is 8.98. The third-order valence-electron chi connectivity index (χ3n) is 3.29. The van der Waals surface area contributed by atoms with E-state index in [1.165, 1.54) is 4.90 Å². The van der Waals surface area contributed by atoms with Gasteiger partial charge in [-0.1, -0.05) is 26.0 Å². The first-order chi connectivity index (χ1) is 8.91. The quantitative estimate of drug-likeness (QED) is 0.762. The molecule has 1 fully saturated rings. The van der Waals surface area contributed by atoms with Crippen LogP contribution in [0.15, 0.2) is 24.3 Å². The molecule has 1 aliphatic heterocycles. The molecule has 4 heteroatoms. The molecule has 0 unspecified atom stereocenters. The number of nitrogens with zero attached hydrogens (tertiary/aromatic N) is 2. The van der Waals surface area contributed by atoms with Gasteiger partial charge in [0.05, 0.1) is 18.2 Å². The molecule has 1 aliphatic rings. The summed E-state index contributed by atoms with van der Waals surface area (Å²) < 4.78 is 0. The summed E-state index contributed by atoms with van der Waals surface area (Å²) in [6.07, 6.45) is 0.796. The molecule has 2 rings (SSSR count). The van der Waals surface area contributed by atoms with E-state index in [1.54, 1.807) is 24.3 Å². The van der Waals surface area contributed by atoms with Crippen molar-refractivity contribution in [3.8, 4) is 6.07 Å².